The van der Waals surface area contributed by atoms with Crippen molar-refractivity contribution >= 4 is 33.1 Å². The summed E-state index contributed by atoms with van der Waals surface area (Å²) in [7, 11) is 0. The quantitative estimate of drug-likeness (QED) is 0.877. The van der Waals surface area contributed by atoms with Crippen LogP contribution in [0.5, 0.6) is 0 Å². The molecule has 20 heavy (non-hydrogen) atoms. The first-order valence-electron chi connectivity index (χ1n) is 6.88. The summed E-state index contributed by atoms with van der Waals surface area (Å²) in [6.45, 7) is 6.99. The number of hydrogen-bond donors (Lipinski definition) is 1. The van der Waals surface area contributed by atoms with E-state index in [0.717, 1.165) is 35.3 Å². The highest BCUT2D eigenvalue weighted by Gasteiger charge is 2.37. The number of rotatable bonds is 1. The van der Waals surface area contributed by atoms with Crippen LogP contribution < -0.4 is 5.73 Å². The van der Waals surface area contributed by atoms with Gasteiger partial charge in [0.25, 0.3) is 5.91 Å². The number of nitrogens with two attached hydrogens (primary N) is 1. The van der Waals surface area contributed by atoms with Gasteiger partial charge in [-0.1, -0.05) is 0 Å². The number of thiophene rings is 1. The summed E-state index contributed by atoms with van der Waals surface area (Å²) in [6.07, 6.45) is 2.10. The van der Waals surface area contributed by atoms with Gasteiger partial charge in [-0.25, -0.2) is 4.98 Å². The molecular weight excluding hydrogens is 270 g/mol. The zero-order valence-electron chi connectivity index (χ0n) is 12.1. The standard InChI is InChI=1S/C15H19N3OS/c1-9-5-6-10-11(16)12(20-13(10)17-9)14(19)18-8-4-7-15(18,2)3/h5-6H,4,7-8,16H2,1-3H3. The van der Waals surface area contributed by atoms with Crippen LogP contribution in [-0.4, -0.2) is 27.9 Å². The van der Waals surface area contributed by atoms with Crippen LogP contribution in [0.2, 0.25) is 0 Å². The fourth-order valence-electron chi connectivity index (χ4n) is 2.85. The summed E-state index contributed by atoms with van der Waals surface area (Å²) in [5, 5.41) is 0.890. The number of anilines is 1. The van der Waals surface area contributed by atoms with Gasteiger partial charge in [0.15, 0.2) is 0 Å². The predicted molar refractivity (Wildman–Crippen MR) is 83.1 cm³/mol. The zero-order valence-corrected chi connectivity index (χ0v) is 12.9. The van der Waals surface area contributed by atoms with Gasteiger partial charge in [-0.2, -0.15) is 0 Å². The lowest BCUT2D eigenvalue weighted by Crippen LogP contribution is -2.42. The molecule has 0 aromatic carbocycles. The van der Waals surface area contributed by atoms with E-state index in [4.69, 9.17) is 5.73 Å². The number of carbonyl (C=O) groups excluding carboxylic acids is 1. The Kier molecular flexibility index (Phi) is 2.97. The van der Waals surface area contributed by atoms with Gasteiger partial charge in [0.2, 0.25) is 0 Å². The minimum absolute atomic E-state index is 0.0469. The van der Waals surface area contributed by atoms with Crippen molar-refractivity contribution in [3.05, 3.63) is 22.7 Å². The SMILES string of the molecule is Cc1ccc2c(N)c(C(=O)N3CCCC3(C)C)sc2n1. The molecule has 1 amide bonds. The molecule has 0 atom stereocenters. The second-order valence-corrected chi connectivity index (χ2v) is 7.02. The Morgan fingerprint density at radius 1 is 1.45 bits per heavy atom. The minimum atomic E-state index is -0.0803. The smallest absolute Gasteiger partial charge is 0.266 e. The highest BCUT2D eigenvalue weighted by atomic mass is 32.1. The maximum absolute atomic E-state index is 12.8. The van der Waals surface area contributed by atoms with E-state index in [0.29, 0.717) is 10.6 Å². The third-order valence-corrected chi connectivity index (χ3v) is 5.18. The molecule has 3 rings (SSSR count). The minimum Gasteiger partial charge on any atom is -0.397 e. The Hall–Kier alpha value is -1.62. The highest BCUT2D eigenvalue weighted by molar-refractivity contribution is 7.21. The zero-order chi connectivity index (χ0) is 14.5. The van der Waals surface area contributed by atoms with Gasteiger partial charge in [-0.3, -0.25) is 4.79 Å². The van der Waals surface area contributed by atoms with E-state index in [1.54, 1.807) is 0 Å². The Balaban J connectivity index is 2.06. The van der Waals surface area contributed by atoms with Crippen LogP contribution in [0.3, 0.4) is 0 Å². The first-order valence-corrected chi connectivity index (χ1v) is 7.69. The maximum Gasteiger partial charge on any atom is 0.266 e. The van der Waals surface area contributed by atoms with Crippen molar-refractivity contribution in [1.82, 2.24) is 9.88 Å². The van der Waals surface area contributed by atoms with Crippen LogP contribution in [-0.2, 0) is 0 Å². The third kappa shape index (κ3) is 1.97. The van der Waals surface area contributed by atoms with E-state index in [2.05, 4.69) is 18.8 Å². The number of likely N-dealkylation sites (tertiary alicyclic amines) is 1. The van der Waals surface area contributed by atoms with Gasteiger partial charge < -0.3 is 10.6 Å². The van der Waals surface area contributed by atoms with Crippen LogP contribution in [0.4, 0.5) is 5.69 Å². The molecule has 0 unspecified atom stereocenters. The van der Waals surface area contributed by atoms with Crippen LogP contribution in [0.15, 0.2) is 12.1 Å². The second kappa shape index (κ2) is 4.45. The van der Waals surface area contributed by atoms with Crippen molar-refractivity contribution in [3.63, 3.8) is 0 Å². The topological polar surface area (TPSA) is 59.2 Å². The third-order valence-electron chi connectivity index (χ3n) is 4.07. The number of aromatic nitrogens is 1. The van der Waals surface area contributed by atoms with E-state index in [1.165, 1.54) is 11.3 Å². The number of pyridine rings is 1. The Labute approximate surface area is 122 Å². The molecule has 0 spiro atoms. The van der Waals surface area contributed by atoms with Crippen molar-refractivity contribution in [2.75, 3.05) is 12.3 Å². The number of nitrogens with zero attached hydrogens (tertiary/aromatic N) is 2. The molecule has 2 aromatic rings. The lowest BCUT2D eigenvalue weighted by molar-refractivity contribution is 0.0658. The molecule has 1 fully saturated rings. The normalized spacial score (nSPS) is 17.9. The summed E-state index contributed by atoms with van der Waals surface area (Å²) >= 11 is 1.41. The fourth-order valence-corrected chi connectivity index (χ4v) is 3.94. The monoisotopic (exact) mass is 289 g/mol. The summed E-state index contributed by atoms with van der Waals surface area (Å²) < 4.78 is 0. The lowest BCUT2D eigenvalue weighted by atomic mass is 10.0. The first kappa shape index (κ1) is 13.4. The summed E-state index contributed by atoms with van der Waals surface area (Å²) in [4.78, 5) is 20.7. The molecule has 106 valence electrons. The maximum atomic E-state index is 12.8. The van der Waals surface area contributed by atoms with Crippen LogP contribution in [0.1, 0.15) is 42.1 Å². The molecule has 0 aliphatic carbocycles. The van der Waals surface area contributed by atoms with Crippen LogP contribution in [0.25, 0.3) is 10.2 Å². The molecule has 3 heterocycles. The number of nitrogen functional groups attached to an aromatic ring is 1. The van der Waals surface area contributed by atoms with Gasteiger partial charge in [0.1, 0.15) is 9.71 Å². The molecule has 0 saturated carbocycles. The van der Waals surface area contributed by atoms with Crippen molar-refractivity contribution < 1.29 is 4.79 Å². The van der Waals surface area contributed by atoms with E-state index in [1.807, 2.05) is 24.0 Å². The second-order valence-electron chi connectivity index (χ2n) is 6.02. The van der Waals surface area contributed by atoms with Gasteiger partial charge in [-0.05, 0) is 45.7 Å². The number of amides is 1. The van der Waals surface area contributed by atoms with E-state index in [9.17, 15) is 4.79 Å². The predicted octanol–water partition coefficient (Wildman–Crippen LogP) is 3.20. The van der Waals surface area contributed by atoms with Crippen molar-refractivity contribution in [2.24, 2.45) is 0 Å². The van der Waals surface area contributed by atoms with E-state index >= 15 is 0 Å². The molecule has 0 radical (unpaired) electrons. The molecule has 5 heteroatoms. The first-order chi connectivity index (χ1) is 9.40. The summed E-state index contributed by atoms with van der Waals surface area (Å²) in [6, 6.07) is 3.88. The molecule has 4 nitrogen and oxygen atoms in total. The molecule has 1 aliphatic rings. The molecule has 2 N–H and O–H groups in total. The van der Waals surface area contributed by atoms with Crippen LogP contribution >= 0.6 is 11.3 Å². The average molecular weight is 289 g/mol. The Morgan fingerprint density at radius 3 is 2.85 bits per heavy atom. The largest absolute Gasteiger partial charge is 0.397 e. The van der Waals surface area contributed by atoms with Crippen molar-refractivity contribution in [1.29, 1.82) is 0 Å². The van der Waals surface area contributed by atoms with E-state index < -0.39 is 0 Å². The van der Waals surface area contributed by atoms with Gasteiger partial charge in [0.05, 0.1) is 5.69 Å². The molecule has 0 bridgehead atoms. The molecule has 1 aliphatic heterocycles. The van der Waals surface area contributed by atoms with Gasteiger partial charge in [-0.15, -0.1) is 11.3 Å². The fraction of sp³-hybridized carbons (Fsp3) is 0.467. The number of fused-ring (bicyclic) bond motifs is 1. The average Bonchev–Trinajstić information content (AvgIpc) is 2.89. The number of hydrogen-bond acceptors (Lipinski definition) is 4. The van der Waals surface area contributed by atoms with E-state index in [-0.39, 0.29) is 11.4 Å². The van der Waals surface area contributed by atoms with Gasteiger partial charge >= 0.3 is 0 Å². The van der Waals surface area contributed by atoms with Gasteiger partial charge in [0, 0.05) is 23.2 Å². The highest BCUT2D eigenvalue weighted by Crippen LogP contribution is 2.37. The molecule has 2 aromatic heterocycles. The van der Waals surface area contributed by atoms with Crippen molar-refractivity contribution in [3.8, 4) is 0 Å². The molecular formula is C15H19N3OS. The van der Waals surface area contributed by atoms with Crippen molar-refractivity contribution in [2.45, 2.75) is 39.2 Å². The Bertz CT molecular complexity index is 690. The number of carbonyl (C=O) groups is 1. The number of aryl methyl sites for hydroxylation is 1. The van der Waals surface area contributed by atoms with Crippen LogP contribution in [0, 0.1) is 6.92 Å². The summed E-state index contributed by atoms with van der Waals surface area (Å²) in [5.41, 5.74) is 7.61. The molecule has 1 saturated heterocycles. The Morgan fingerprint density at radius 2 is 2.20 bits per heavy atom. The lowest BCUT2D eigenvalue weighted by Gasteiger charge is -2.31. The summed E-state index contributed by atoms with van der Waals surface area (Å²) in [5.74, 6) is 0.0469.